The van der Waals surface area contributed by atoms with Gasteiger partial charge in [-0.25, -0.2) is 14.8 Å². The highest BCUT2D eigenvalue weighted by Crippen LogP contribution is 2.37. The molecular formula is C28H27N5O3. The molecule has 1 fully saturated rings. The predicted octanol–water partition coefficient (Wildman–Crippen LogP) is 5.12. The van der Waals surface area contributed by atoms with E-state index in [1.807, 2.05) is 42.9 Å². The monoisotopic (exact) mass is 481 g/mol. The first-order valence-electron chi connectivity index (χ1n) is 12.1. The van der Waals surface area contributed by atoms with E-state index in [1.165, 1.54) is 16.0 Å². The van der Waals surface area contributed by atoms with Crippen molar-refractivity contribution < 1.29 is 15.0 Å². The van der Waals surface area contributed by atoms with Crippen molar-refractivity contribution in [2.45, 2.75) is 32.3 Å². The second-order valence-electron chi connectivity index (χ2n) is 9.61. The molecule has 0 atom stereocenters. The van der Waals surface area contributed by atoms with Gasteiger partial charge in [-0.3, -0.25) is 4.40 Å². The quantitative estimate of drug-likeness (QED) is 0.331. The molecule has 4 heterocycles. The minimum atomic E-state index is -1.04. The van der Waals surface area contributed by atoms with Gasteiger partial charge < -0.3 is 20.1 Å². The summed E-state index contributed by atoms with van der Waals surface area (Å²) in [7, 11) is 0. The van der Waals surface area contributed by atoms with E-state index in [2.05, 4.69) is 41.4 Å². The molecule has 6 rings (SSSR count). The van der Waals surface area contributed by atoms with Gasteiger partial charge in [0.2, 0.25) is 0 Å². The maximum Gasteiger partial charge on any atom is 0.407 e. The highest BCUT2D eigenvalue weighted by Gasteiger charge is 2.35. The molecule has 0 radical (unpaired) electrons. The fourth-order valence-electron chi connectivity index (χ4n) is 5.26. The molecule has 1 saturated heterocycles. The Morgan fingerprint density at radius 2 is 1.78 bits per heavy atom. The summed E-state index contributed by atoms with van der Waals surface area (Å²) in [6.07, 6.45) is 3.52. The number of aromatic amines is 1. The van der Waals surface area contributed by atoms with Crippen LogP contribution in [-0.2, 0) is 5.60 Å². The molecule has 8 nitrogen and oxygen atoms in total. The molecule has 0 bridgehead atoms. The number of aliphatic hydroxyl groups is 1. The molecule has 1 aliphatic heterocycles. The zero-order valence-corrected chi connectivity index (χ0v) is 20.2. The molecule has 0 aliphatic carbocycles. The molecule has 1 aliphatic rings. The van der Waals surface area contributed by atoms with Crippen LogP contribution >= 0.6 is 0 Å². The van der Waals surface area contributed by atoms with Crippen molar-refractivity contribution >= 4 is 22.8 Å². The summed E-state index contributed by atoms with van der Waals surface area (Å²) < 4.78 is 2.08. The fourth-order valence-corrected chi connectivity index (χ4v) is 5.26. The standard InChI is InChI=1S/C28H27N5O3/c1-17-4-3-5-21(18(17)2)24-25-23(30-16-33(25)22-10-13-29-26(22)31-24)19-6-8-20(9-7-19)28(36)11-14-32(15-12-28)27(34)35/h3-10,13,16,29,36H,11-12,14-15H2,1-2H3,(H,34,35). The van der Waals surface area contributed by atoms with Gasteiger partial charge in [0.05, 0.1) is 22.5 Å². The normalized spacial score (nSPS) is 15.6. The largest absolute Gasteiger partial charge is 0.465 e. The highest BCUT2D eigenvalue weighted by molar-refractivity contribution is 5.95. The van der Waals surface area contributed by atoms with Gasteiger partial charge in [0.15, 0.2) is 5.65 Å². The number of amides is 1. The fraction of sp³-hybridized carbons (Fsp3) is 0.250. The van der Waals surface area contributed by atoms with Crippen molar-refractivity contribution in [2.24, 2.45) is 0 Å². The Labute approximate surface area is 207 Å². The first kappa shape index (κ1) is 22.3. The Bertz CT molecular complexity index is 1610. The molecule has 2 aromatic carbocycles. The van der Waals surface area contributed by atoms with E-state index in [4.69, 9.17) is 9.97 Å². The zero-order valence-electron chi connectivity index (χ0n) is 20.2. The minimum absolute atomic E-state index is 0.316. The average Bonchev–Trinajstić information content (AvgIpc) is 3.53. The number of fused-ring (bicyclic) bond motifs is 3. The lowest BCUT2D eigenvalue weighted by atomic mass is 9.84. The van der Waals surface area contributed by atoms with E-state index in [1.54, 1.807) is 0 Å². The van der Waals surface area contributed by atoms with E-state index < -0.39 is 11.7 Å². The predicted molar refractivity (Wildman–Crippen MR) is 138 cm³/mol. The van der Waals surface area contributed by atoms with E-state index in [9.17, 15) is 15.0 Å². The molecular weight excluding hydrogens is 454 g/mol. The average molecular weight is 482 g/mol. The number of rotatable bonds is 3. The van der Waals surface area contributed by atoms with Crippen LogP contribution in [0.4, 0.5) is 4.79 Å². The number of nitrogens with zero attached hydrogens (tertiary/aromatic N) is 4. The number of carbonyl (C=O) groups is 1. The van der Waals surface area contributed by atoms with E-state index in [0.29, 0.717) is 25.9 Å². The Hall–Kier alpha value is -4.17. The molecule has 0 saturated carbocycles. The summed E-state index contributed by atoms with van der Waals surface area (Å²) in [5.74, 6) is 0. The maximum absolute atomic E-state index is 11.2. The van der Waals surface area contributed by atoms with Crippen molar-refractivity contribution in [3.05, 3.63) is 77.7 Å². The molecule has 8 heteroatoms. The number of nitrogens with one attached hydrogen (secondary N) is 1. The van der Waals surface area contributed by atoms with Crippen LogP contribution in [0.3, 0.4) is 0 Å². The number of H-pyrrole nitrogens is 1. The van der Waals surface area contributed by atoms with Gasteiger partial charge in [0, 0.05) is 30.4 Å². The summed E-state index contributed by atoms with van der Waals surface area (Å²) in [4.78, 5) is 25.6. The lowest BCUT2D eigenvalue weighted by Crippen LogP contribution is -2.44. The molecule has 0 unspecified atom stereocenters. The van der Waals surface area contributed by atoms with Crippen molar-refractivity contribution in [1.82, 2.24) is 24.3 Å². The van der Waals surface area contributed by atoms with E-state index in [0.717, 1.165) is 44.8 Å². The number of hydrogen-bond acceptors (Lipinski definition) is 4. The molecule has 5 aromatic rings. The number of piperidine rings is 1. The van der Waals surface area contributed by atoms with Gasteiger partial charge in [0.25, 0.3) is 0 Å². The number of aromatic nitrogens is 4. The lowest BCUT2D eigenvalue weighted by molar-refractivity contribution is -0.0213. The van der Waals surface area contributed by atoms with Crippen LogP contribution in [0, 0.1) is 13.8 Å². The SMILES string of the molecule is Cc1cccc(-c2nc3[nH]ccc3n3cnc(-c4ccc(C5(O)CCN(C(=O)O)CC5)cc4)c23)c1C. The first-order valence-corrected chi connectivity index (χ1v) is 12.1. The second-order valence-corrected chi connectivity index (χ2v) is 9.61. The molecule has 0 spiro atoms. The Morgan fingerprint density at radius 1 is 1.03 bits per heavy atom. The molecule has 36 heavy (non-hydrogen) atoms. The molecule has 3 aromatic heterocycles. The maximum atomic E-state index is 11.2. The van der Waals surface area contributed by atoms with Crippen LogP contribution in [0.5, 0.6) is 0 Å². The number of carboxylic acid groups (broad SMARTS) is 1. The Morgan fingerprint density at radius 3 is 2.50 bits per heavy atom. The van der Waals surface area contributed by atoms with Crippen molar-refractivity contribution in [3.8, 4) is 22.5 Å². The Balaban J connectivity index is 1.45. The third-order valence-electron chi connectivity index (χ3n) is 7.60. The van der Waals surface area contributed by atoms with Crippen molar-refractivity contribution in [1.29, 1.82) is 0 Å². The minimum Gasteiger partial charge on any atom is -0.465 e. The number of aryl methyl sites for hydroxylation is 1. The zero-order chi connectivity index (χ0) is 25.0. The van der Waals surface area contributed by atoms with E-state index >= 15 is 0 Å². The summed E-state index contributed by atoms with van der Waals surface area (Å²) in [6.45, 7) is 4.85. The van der Waals surface area contributed by atoms with Gasteiger partial charge in [-0.1, -0.05) is 42.5 Å². The van der Waals surface area contributed by atoms with Crippen molar-refractivity contribution in [3.63, 3.8) is 0 Å². The smallest absolute Gasteiger partial charge is 0.407 e. The molecule has 1 amide bonds. The Kier molecular flexibility index (Phi) is 5.08. The van der Waals surface area contributed by atoms with Crippen LogP contribution in [0.15, 0.2) is 61.1 Å². The summed E-state index contributed by atoms with van der Waals surface area (Å²) in [5, 5.41) is 20.5. The summed E-state index contributed by atoms with van der Waals surface area (Å²) in [5.41, 5.74) is 8.48. The summed E-state index contributed by atoms with van der Waals surface area (Å²) >= 11 is 0. The van der Waals surface area contributed by atoms with Crippen LogP contribution < -0.4 is 0 Å². The van der Waals surface area contributed by atoms with Crippen LogP contribution in [-0.4, -0.2) is 53.6 Å². The number of likely N-dealkylation sites (tertiary alicyclic amines) is 1. The van der Waals surface area contributed by atoms with Crippen LogP contribution in [0.2, 0.25) is 0 Å². The van der Waals surface area contributed by atoms with Crippen molar-refractivity contribution in [2.75, 3.05) is 13.1 Å². The number of hydrogen-bond donors (Lipinski definition) is 3. The second kappa shape index (κ2) is 8.20. The molecule has 182 valence electrons. The summed E-state index contributed by atoms with van der Waals surface area (Å²) in [6, 6.07) is 16.1. The third-order valence-corrected chi connectivity index (χ3v) is 7.60. The van der Waals surface area contributed by atoms with E-state index in [-0.39, 0.29) is 0 Å². The number of benzene rings is 2. The first-order chi connectivity index (χ1) is 17.4. The third kappa shape index (κ3) is 3.45. The topological polar surface area (TPSA) is 107 Å². The highest BCUT2D eigenvalue weighted by atomic mass is 16.4. The lowest BCUT2D eigenvalue weighted by Gasteiger charge is -2.37. The molecule has 3 N–H and O–H groups in total. The van der Waals surface area contributed by atoms with Gasteiger partial charge in [-0.05, 0) is 49.4 Å². The van der Waals surface area contributed by atoms with Gasteiger partial charge in [0.1, 0.15) is 11.8 Å². The number of imidazole rings is 1. The van der Waals surface area contributed by atoms with Crippen LogP contribution in [0.25, 0.3) is 39.2 Å². The van der Waals surface area contributed by atoms with Gasteiger partial charge in [-0.15, -0.1) is 0 Å². The van der Waals surface area contributed by atoms with Gasteiger partial charge >= 0.3 is 6.09 Å². The van der Waals surface area contributed by atoms with Crippen LogP contribution in [0.1, 0.15) is 29.5 Å². The van der Waals surface area contributed by atoms with Gasteiger partial charge in [-0.2, -0.15) is 0 Å².